The Labute approximate surface area is 199 Å². The number of pyridine rings is 1. The summed E-state index contributed by atoms with van der Waals surface area (Å²) in [6.07, 6.45) is 13.9. The van der Waals surface area contributed by atoms with E-state index in [-0.39, 0.29) is 5.91 Å². The van der Waals surface area contributed by atoms with Crippen LogP contribution in [0.1, 0.15) is 38.9 Å². The minimum atomic E-state index is -0.0114. The highest BCUT2D eigenvalue weighted by atomic mass is 16.3. The maximum atomic E-state index is 13.0. The Morgan fingerprint density at radius 3 is 2.97 bits per heavy atom. The molecule has 5 rings (SSSR count). The highest BCUT2D eigenvalue weighted by molar-refractivity contribution is 6.37. The van der Waals surface area contributed by atoms with Gasteiger partial charge in [0.05, 0.1) is 17.6 Å². The molecule has 174 valence electrons. The number of likely N-dealkylation sites (tertiary alicyclic amines) is 1. The molecule has 3 aliphatic rings. The van der Waals surface area contributed by atoms with Crippen LogP contribution in [0.2, 0.25) is 0 Å². The third-order valence-corrected chi connectivity index (χ3v) is 7.16. The molecule has 1 amide bonds. The van der Waals surface area contributed by atoms with Crippen molar-refractivity contribution >= 4 is 28.3 Å². The lowest BCUT2D eigenvalue weighted by atomic mass is 9.90. The van der Waals surface area contributed by atoms with Gasteiger partial charge in [0.15, 0.2) is 5.58 Å². The third kappa shape index (κ3) is 4.39. The van der Waals surface area contributed by atoms with Gasteiger partial charge in [-0.2, -0.15) is 5.10 Å². The molecule has 2 aliphatic heterocycles. The molecule has 0 N–H and O–H groups in total. The molecule has 2 fully saturated rings. The standard InChI is InChI=1S/C27H29N5O2/c1-19-7-5-4-6-12-32(19)30-21(3)26(33)31-13-9-27(10-14-31)16-23(27)17-29-20(2)24-15-22-8-11-28-18-25(22)34-24/h4,6-8,11-12,15,18,23H,1,9-10,13-14,16-17H2,2-3H3. The van der Waals surface area contributed by atoms with E-state index in [1.54, 1.807) is 42.7 Å². The number of carbonyl (C=O) groups excluding carboxylic acids is 1. The number of piperidine rings is 1. The smallest absolute Gasteiger partial charge is 0.269 e. The zero-order chi connectivity index (χ0) is 23.7. The van der Waals surface area contributed by atoms with E-state index in [0.717, 1.165) is 54.9 Å². The Hall–Kier alpha value is -3.70. The van der Waals surface area contributed by atoms with E-state index in [9.17, 15) is 4.79 Å². The van der Waals surface area contributed by atoms with E-state index in [4.69, 9.17) is 9.41 Å². The largest absolute Gasteiger partial charge is 0.453 e. The number of aliphatic imine (C=N–C) groups is 1. The molecular weight excluding hydrogens is 426 g/mol. The molecular formula is C27H29N5O2. The Balaban J connectivity index is 1.15. The van der Waals surface area contributed by atoms with Gasteiger partial charge >= 0.3 is 0 Å². The van der Waals surface area contributed by atoms with Crippen LogP contribution in [0, 0.1) is 11.3 Å². The fourth-order valence-electron chi connectivity index (χ4n) is 4.86. The summed E-state index contributed by atoms with van der Waals surface area (Å²) in [5, 5.41) is 7.12. The molecule has 1 spiro atoms. The predicted molar refractivity (Wildman–Crippen MR) is 133 cm³/mol. The maximum absolute atomic E-state index is 13.0. The van der Waals surface area contributed by atoms with Crippen LogP contribution >= 0.6 is 0 Å². The number of furan rings is 1. The van der Waals surface area contributed by atoms with Gasteiger partial charge in [0.25, 0.3) is 5.91 Å². The number of hydrogen-bond donors (Lipinski definition) is 0. The maximum Gasteiger partial charge on any atom is 0.269 e. The second-order valence-electron chi connectivity index (χ2n) is 9.35. The summed E-state index contributed by atoms with van der Waals surface area (Å²) in [4.78, 5) is 23.8. The topological polar surface area (TPSA) is 74.3 Å². The lowest BCUT2D eigenvalue weighted by Crippen LogP contribution is -2.42. The molecule has 0 bridgehead atoms. The fraction of sp³-hybridized carbons (Fsp3) is 0.370. The first-order valence-electron chi connectivity index (χ1n) is 11.7. The lowest BCUT2D eigenvalue weighted by molar-refractivity contribution is -0.125. The Morgan fingerprint density at radius 1 is 1.35 bits per heavy atom. The van der Waals surface area contributed by atoms with Crippen molar-refractivity contribution < 1.29 is 9.21 Å². The summed E-state index contributed by atoms with van der Waals surface area (Å²) in [7, 11) is 0. The Morgan fingerprint density at radius 2 is 2.18 bits per heavy atom. The summed E-state index contributed by atoms with van der Waals surface area (Å²) in [5.74, 6) is 1.37. The van der Waals surface area contributed by atoms with Crippen molar-refractivity contribution in [2.45, 2.75) is 33.1 Å². The molecule has 1 saturated heterocycles. The highest BCUT2D eigenvalue weighted by Crippen LogP contribution is 2.59. The minimum absolute atomic E-state index is 0.0114. The van der Waals surface area contributed by atoms with Crippen LogP contribution in [-0.4, -0.2) is 51.9 Å². The van der Waals surface area contributed by atoms with Crippen molar-refractivity contribution in [3.63, 3.8) is 0 Å². The highest BCUT2D eigenvalue weighted by Gasteiger charge is 2.54. The zero-order valence-electron chi connectivity index (χ0n) is 19.7. The molecule has 0 aromatic carbocycles. The molecule has 7 nitrogen and oxygen atoms in total. The number of hydrazone groups is 1. The van der Waals surface area contributed by atoms with Crippen molar-refractivity contribution in [3.8, 4) is 0 Å². The van der Waals surface area contributed by atoms with E-state index in [1.165, 1.54) is 6.42 Å². The van der Waals surface area contributed by atoms with Crippen LogP contribution < -0.4 is 0 Å². The number of amides is 1. The summed E-state index contributed by atoms with van der Waals surface area (Å²) in [6.45, 7) is 10.1. The van der Waals surface area contributed by atoms with Gasteiger partial charge in [-0.3, -0.25) is 14.8 Å². The minimum Gasteiger partial charge on any atom is -0.453 e. The quantitative estimate of drug-likeness (QED) is 0.484. The van der Waals surface area contributed by atoms with Gasteiger partial charge in [0.2, 0.25) is 0 Å². The number of aromatic nitrogens is 1. The normalized spacial score (nSPS) is 22.1. The number of fused-ring (bicyclic) bond motifs is 1. The molecule has 1 unspecified atom stereocenters. The van der Waals surface area contributed by atoms with Gasteiger partial charge in [-0.25, -0.2) is 5.01 Å². The predicted octanol–water partition coefficient (Wildman–Crippen LogP) is 4.70. The first kappa shape index (κ1) is 22.1. The molecule has 1 aliphatic carbocycles. The summed E-state index contributed by atoms with van der Waals surface area (Å²) in [6, 6.07) is 3.97. The zero-order valence-corrected chi connectivity index (χ0v) is 19.7. The fourth-order valence-corrected chi connectivity index (χ4v) is 4.86. The van der Waals surface area contributed by atoms with Crippen LogP contribution in [0.15, 0.2) is 81.5 Å². The Kier molecular flexibility index (Phi) is 5.80. The molecule has 0 radical (unpaired) electrons. The van der Waals surface area contributed by atoms with E-state index >= 15 is 0 Å². The van der Waals surface area contributed by atoms with E-state index < -0.39 is 0 Å². The van der Waals surface area contributed by atoms with Crippen molar-refractivity contribution in [2.24, 2.45) is 21.4 Å². The van der Waals surface area contributed by atoms with Crippen molar-refractivity contribution in [1.29, 1.82) is 0 Å². The molecule has 4 heterocycles. The summed E-state index contributed by atoms with van der Waals surface area (Å²) >= 11 is 0. The average molecular weight is 456 g/mol. The molecule has 7 heteroatoms. The van der Waals surface area contributed by atoms with Crippen LogP contribution in [0.4, 0.5) is 0 Å². The van der Waals surface area contributed by atoms with Gasteiger partial charge < -0.3 is 9.32 Å². The van der Waals surface area contributed by atoms with Gasteiger partial charge in [-0.15, -0.1) is 5.73 Å². The lowest BCUT2D eigenvalue weighted by Gasteiger charge is -2.33. The van der Waals surface area contributed by atoms with E-state index in [1.807, 2.05) is 30.0 Å². The van der Waals surface area contributed by atoms with Crippen molar-refractivity contribution in [3.05, 3.63) is 72.7 Å². The van der Waals surface area contributed by atoms with Gasteiger partial charge in [0, 0.05) is 43.5 Å². The number of allylic oxidation sites excluding steroid dienone is 2. The third-order valence-electron chi connectivity index (χ3n) is 7.16. The first-order chi connectivity index (χ1) is 16.4. The van der Waals surface area contributed by atoms with Crippen LogP contribution in [-0.2, 0) is 4.79 Å². The summed E-state index contributed by atoms with van der Waals surface area (Å²) in [5.41, 5.74) is 6.15. The van der Waals surface area contributed by atoms with Gasteiger partial charge in [0.1, 0.15) is 11.5 Å². The van der Waals surface area contributed by atoms with Gasteiger partial charge in [-0.05, 0) is 68.7 Å². The second-order valence-corrected chi connectivity index (χ2v) is 9.35. The number of nitrogens with zero attached hydrogens (tertiary/aromatic N) is 5. The number of hydrogen-bond acceptors (Lipinski definition) is 6. The Bertz CT molecular complexity index is 1250. The average Bonchev–Trinajstić information content (AvgIpc) is 3.39. The van der Waals surface area contributed by atoms with Crippen LogP contribution in [0.25, 0.3) is 11.0 Å². The van der Waals surface area contributed by atoms with Crippen LogP contribution in [0.5, 0.6) is 0 Å². The summed E-state index contributed by atoms with van der Waals surface area (Å²) < 4.78 is 5.88. The number of carbonyl (C=O) groups is 1. The molecule has 34 heavy (non-hydrogen) atoms. The van der Waals surface area contributed by atoms with Crippen molar-refractivity contribution in [1.82, 2.24) is 14.9 Å². The van der Waals surface area contributed by atoms with Crippen LogP contribution in [0.3, 0.4) is 0 Å². The number of rotatable bonds is 5. The monoisotopic (exact) mass is 455 g/mol. The first-order valence-corrected chi connectivity index (χ1v) is 11.7. The van der Waals surface area contributed by atoms with Gasteiger partial charge in [-0.1, -0.05) is 6.58 Å². The van der Waals surface area contributed by atoms with E-state index in [0.29, 0.717) is 22.7 Å². The molecule has 1 atom stereocenters. The van der Waals surface area contributed by atoms with Crippen molar-refractivity contribution in [2.75, 3.05) is 19.6 Å². The molecule has 2 aromatic rings. The second kappa shape index (κ2) is 8.92. The molecule has 2 aromatic heterocycles. The molecule has 1 saturated carbocycles. The van der Waals surface area contributed by atoms with E-state index in [2.05, 4.69) is 22.4 Å². The SMILES string of the molecule is C=C1C=C=CC=CN1N=C(C)C(=O)N1CCC2(CC1)CC2CN=C(C)c1cc2ccncc2o1.